The van der Waals surface area contributed by atoms with Gasteiger partial charge < -0.3 is 0 Å². The Morgan fingerprint density at radius 1 is 1.53 bits per heavy atom. The molecule has 0 atom stereocenters. The molecule has 2 aromatic heterocycles. The molecule has 0 aliphatic carbocycles. The van der Waals surface area contributed by atoms with Gasteiger partial charge >= 0.3 is 0 Å². The molecular weight excluding hydrogens is 300 g/mol. The summed E-state index contributed by atoms with van der Waals surface area (Å²) in [6.45, 7) is 0.357. The van der Waals surface area contributed by atoms with Gasteiger partial charge in [-0.25, -0.2) is 13.4 Å². The summed E-state index contributed by atoms with van der Waals surface area (Å²) in [6.07, 6.45) is 1.28. The van der Waals surface area contributed by atoms with E-state index in [1.165, 1.54) is 21.8 Å². The van der Waals surface area contributed by atoms with Gasteiger partial charge in [-0.2, -0.15) is 4.31 Å². The summed E-state index contributed by atoms with van der Waals surface area (Å²) < 4.78 is 25.9. The molecule has 4 nitrogen and oxygen atoms in total. The first kappa shape index (κ1) is 13.0. The van der Waals surface area contributed by atoms with E-state index < -0.39 is 10.0 Å². The smallest absolute Gasteiger partial charge is 0.232 e. The van der Waals surface area contributed by atoms with E-state index in [0.717, 1.165) is 16.2 Å². The Balaban J connectivity index is 2.21. The second kappa shape index (κ2) is 5.03. The summed E-state index contributed by atoms with van der Waals surface area (Å²) in [5.41, 5.74) is 0. The lowest BCUT2D eigenvalue weighted by molar-refractivity contribution is 0.471. The molecular formula is C9H9ClN2O2S3. The van der Waals surface area contributed by atoms with Crippen molar-refractivity contribution in [2.24, 2.45) is 0 Å². The van der Waals surface area contributed by atoms with Crippen molar-refractivity contribution in [2.45, 2.75) is 10.8 Å². The maximum absolute atomic E-state index is 12.1. The van der Waals surface area contributed by atoms with Crippen LogP contribution in [0.25, 0.3) is 0 Å². The quantitative estimate of drug-likeness (QED) is 0.872. The summed E-state index contributed by atoms with van der Waals surface area (Å²) in [5.74, 6) is 0. The molecule has 2 heterocycles. The van der Waals surface area contributed by atoms with E-state index in [2.05, 4.69) is 4.98 Å². The fraction of sp³-hybridized carbons (Fsp3) is 0.222. The average Bonchev–Trinajstić information content (AvgIpc) is 2.89. The highest BCUT2D eigenvalue weighted by atomic mass is 35.5. The highest BCUT2D eigenvalue weighted by Crippen LogP contribution is 2.26. The Kier molecular flexibility index (Phi) is 3.84. The highest BCUT2D eigenvalue weighted by Gasteiger charge is 2.23. The van der Waals surface area contributed by atoms with Crippen molar-refractivity contribution in [1.29, 1.82) is 0 Å². The zero-order valence-corrected chi connectivity index (χ0v) is 12.0. The van der Waals surface area contributed by atoms with Crippen LogP contribution in [0.2, 0.25) is 4.47 Å². The van der Waals surface area contributed by atoms with Gasteiger partial charge in [0.2, 0.25) is 0 Å². The summed E-state index contributed by atoms with van der Waals surface area (Å²) in [4.78, 5) is 4.74. The summed E-state index contributed by atoms with van der Waals surface area (Å²) in [7, 11) is -1.94. The molecule has 0 fully saturated rings. The third kappa shape index (κ3) is 2.86. The molecule has 0 radical (unpaired) electrons. The second-order valence-corrected chi connectivity index (χ2v) is 8.19. The third-order valence-electron chi connectivity index (χ3n) is 2.08. The van der Waals surface area contributed by atoms with Crippen LogP contribution in [-0.4, -0.2) is 24.8 Å². The van der Waals surface area contributed by atoms with Crippen molar-refractivity contribution < 1.29 is 8.42 Å². The number of rotatable bonds is 4. The first-order chi connectivity index (χ1) is 8.00. The summed E-state index contributed by atoms with van der Waals surface area (Å²) in [6, 6.07) is 3.79. The molecule has 0 unspecified atom stereocenters. The van der Waals surface area contributed by atoms with Crippen molar-refractivity contribution in [3.8, 4) is 0 Å². The standard InChI is InChI=1S/C9H9ClN2O2S3/c1-12(6-7-3-2-4-15-7)17(13,14)8-5-11-9(10)16-8/h2-5H,6H2,1H3. The van der Waals surface area contributed by atoms with Crippen molar-refractivity contribution in [3.05, 3.63) is 33.1 Å². The second-order valence-electron chi connectivity index (χ2n) is 3.27. The van der Waals surface area contributed by atoms with E-state index >= 15 is 0 Å². The van der Waals surface area contributed by atoms with Crippen LogP contribution in [0.3, 0.4) is 0 Å². The molecule has 2 rings (SSSR count). The molecule has 8 heteroatoms. The largest absolute Gasteiger partial charge is 0.254 e. The molecule has 2 aromatic rings. The number of hydrogen-bond donors (Lipinski definition) is 0. The minimum Gasteiger partial charge on any atom is -0.232 e. The van der Waals surface area contributed by atoms with Crippen LogP contribution in [0.5, 0.6) is 0 Å². The lowest BCUT2D eigenvalue weighted by Gasteiger charge is -2.14. The van der Waals surface area contributed by atoms with E-state index in [1.807, 2.05) is 17.5 Å². The number of thiophene rings is 1. The fourth-order valence-corrected chi connectivity index (χ4v) is 4.71. The van der Waals surface area contributed by atoms with Gasteiger partial charge in [0.25, 0.3) is 10.0 Å². The van der Waals surface area contributed by atoms with Gasteiger partial charge in [0.1, 0.15) is 0 Å². The first-order valence-electron chi connectivity index (χ1n) is 4.60. The van der Waals surface area contributed by atoms with Crippen molar-refractivity contribution in [1.82, 2.24) is 9.29 Å². The SMILES string of the molecule is CN(Cc1cccs1)S(=O)(=O)c1cnc(Cl)s1. The van der Waals surface area contributed by atoms with Crippen molar-refractivity contribution in [2.75, 3.05) is 7.05 Å². The van der Waals surface area contributed by atoms with Crippen molar-refractivity contribution >= 4 is 44.3 Å². The van der Waals surface area contributed by atoms with Crippen LogP contribution >= 0.6 is 34.3 Å². The molecule has 0 spiro atoms. The van der Waals surface area contributed by atoms with E-state index in [0.29, 0.717) is 6.54 Å². The molecule has 0 bridgehead atoms. The van der Waals surface area contributed by atoms with E-state index in [1.54, 1.807) is 7.05 Å². The molecule has 0 aliphatic heterocycles. The van der Waals surface area contributed by atoms with Gasteiger partial charge in [0.15, 0.2) is 8.68 Å². The van der Waals surface area contributed by atoms with E-state index in [9.17, 15) is 8.42 Å². The molecule has 17 heavy (non-hydrogen) atoms. The number of aromatic nitrogens is 1. The van der Waals surface area contributed by atoms with Gasteiger partial charge in [-0.15, -0.1) is 11.3 Å². The highest BCUT2D eigenvalue weighted by molar-refractivity contribution is 7.91. The third-order valence-corrected chi connectivity index (χ3v) is 6.30. The Morgan fingerprint density at radius 3 is 2.82 bits per heavy atom. The predicted octanol–water partition coefficient (Wildman–Crippen LogP) is 2.68. The summed E-state index contributed by atoms with van der Waals surface area (Å²) >= 11 is 8.13. The molecule has 92 valence electrons. The van der Waals surface area contributed by atoms with Crippen LogP contribution in [-0.2, 0) is 16.6 Å². The lowest BCUT2D eigenvalue weighted by Crippen LogP contribution is -2.25. The Bertz CT molecular complexity index is 592. The van der Waals surface area contributed by atoms with Gasteiger partial charge in [-0.1, -0.05) is 29.0 Å². The average molecular weight is 309 g/mol. The molecule has 0 amide bonds. The minimum atomic E-state index is -3.48. The molecule has 0 aromatic carbocycles. The molecule has 0 saturated heterocycles. The number of sulfonamides is 1. The number of halogens is 1. The Hall–Kier alpha value is -0.470. The molecule has 0 saturated carbocycles. The van der Waals surface area contributed by atoms with Crippen LogP contribution in [0.15, 0.2) is 27.9 Å². The predicted molar refractivity (Wildman–Crippen MR) is 70.1 cm³/mol. The van der Waals surface area contributed by atoms with Gasteiger partial charge in [-0.05, 0) is 11.4 Å². The van der Waals surface area contributed by atoms with E-state index in [4.69, 9.17) is 11.6 Å². The normalized spacial score (nSPS) is 12.2. The van der Waals surface area contributed by atoms with E-state index in [-0.39, 0.29) is 8.68 Å². The zero-order valence-electron chi connectivity index (χ0n) is 8.83. The molecule has 0 N–H and O–H groups in total. The zero-order chi connectivity index (χ0) is 12.5. The van der Waals surface area contributed by atoms with Gasteiger partial charge in [-0.3, -0.25) is 0 Å². The summed E-state index contributed by atoms with van der Waals surface area (Å²) in [5, 5.41) is 1.92. The topological polar surface area (TPSA) is 50.3 Å². The first-order valence-corrected chi connectivity index (χ1v) is 8.11. The van der Waals surface area contributed by atoms with Crippen LogP contribution in [0.1, 0.15) is 4.88 Å². The number of thiazole rings is 1. The fourth-order valence-electron chi connectivity index (χ4n) is 1.22. The monoisotopic (exact) mass is 308 g/mol. The molecule has 0 aliphatic rings. The van der Waals surface area contributed by atoms with Gasteiger partial charge in [0, 0.05) is 18.5 Å². The number of hydrogen-bond acceptors (Lipinski definition) is 5. The van der Waals surface area contributed by atoms with Crippen LogP contribution in [0, 0.1) is 0 Å². The van der Waals surface area contributed by atoms with Crippen LogP contribution in [0.4, 0.5) is 0 Å². The lowest BCUT2D eigenvalue weighted by atomic mass is 10.5. The Morgan fingerprint density at radius 2 is 2.29 bits per heavy atom. The maximum Gasteiger partial charge on any atom is 0.254 e. The van der Waals surface area contributed by atoms with Crippen molar-refractivity contribution in [3.63, 3.8) is 0 Å². The van der Waals surface area contributed by atoms with Crippen LogP contribution < -0.4 is 0 Å². The maximum atomic E-state index is 12.1. The minimum absolute atomic E-state index is 0.168. The number of nitrogens with zero attached hydrogens (tertiary/aromatic N) is 2. The van der Waals surface area contributed by atoms with Gasteiger partial charge in [0.05, 0.1) is 6.20 Å². The Labute approximate surface area is 113 Å².